The first-order chi connectivity index (χ1) is 15.0. The molecule has 4 rings (SSSR count). The first-order valence-electron chi connectivity index (χ1n) is 9.87. The molecule has 1 heterocycles. The summed E-state index contributed by atoms with van der Waals surface area (Å²) >= 11 is 0. The quantitative estimate of drug-likeness (QED) is 0.527. The maximum absolute atomic E-state index is 13.1. The van der Waals surface area contributed by atoms with Crippen molar-refractivity contribution in [1.29, 1.82) is 0 Å². The number of rotatable bonds is 5. The van der Waals surface area contributed by atoms with E-state index in [9.17, 15) is 9.59 Å². The van der Waals surface area contributed by atoms with Crippen molar-refractivity contribution in [2.75, 3.05) is 19.4 Å². The van der Waals surface area contributed by atoms with Gasteiger partial charge in [-0.05, 0) is 42.5 Å². The summed E-state index contributed by atoms with van der Waals surface area (Å²) in [5, 5.41) is 7.58. The van der Waals surface area contributed by atoms with Crippen molar-refractivity contribution in [2.24, 2.45) is 0 Å². The van der Waals surface area contributed by atoms with Gasteiger partial charge < -0.3 is 10.2 Å². The van der Waals surface area contributed by atoms with E-state index in [0.29, 0.717) is 22.6 Å². The molecule has 0 aliphatic rings. The molecule has 3 aromatic carbocycles. The molecule has 6 heteroatoms. The lowest BCUT2D eigenvalue weighted by atomic mass is 10.1. The number of nitrogens with zero attached hydrogens (tertiary/aromatic N) is 3. The van der Waals surface area contributed by atoms with Crippen molar-refractivity contribution in [3.8, 4) is 16.9 Å². The third-order valence-electron chi connectivity index (χ3n) is 4.81. The number of aromatic nitrogens is 2. The van der Waals surface area contributed by atoms with Gasteiger partial charge in [0, 0.05) is 30.9 Å². The Morgan fingerprint density at radius 1 is 0.839 bits per heavy atom. The van der Waals surface area contributed by atoms with Gasteiger partial charge in [-0.1, -0.05) is 48.5 Å². The maximum atomic E-state index is 13.1. The van der Waals surface area contributed by atoms with Crippen molar-refractivity contribution in [2.45, 2.75) is 0 Å². The van der Waals surface area contributed by atoms with Gasteiger partial charge in [0.25, 0.3) is 11.8 Å². The number of amides is 2. The molecule has 0 spiro atoms. The van der Waals surface area contributed by atoms with Gasteiger partial charge in [0.1, 0.15) is 5.69 Å². The summed E-state index contributed by atoms with van der Waals surface area (Å²) in [7, 11) is 3.40. The summed E-state index contributed by atoms with van der Waals surface area (Å²) in [6.45, 7) is 0. The van der Waals surface area contributed by atoms with Crippen LogP contribution in [0.4, 0.5) is 5.69 Å². The molecule has 4 aromatic rings. The number of carbonyl (C=O) groups is 2. The summed E-state index contributed by atoms with van der Waals surface area (Å²) in [5.41, 5.74) is 4.01. The number of para-hydroxylation sites is 1. The number of anilines is 1. The molecule has 154 valence electrons. The van der Waals surface area contributed by atoms with E-state index in [4.69, 9.17) is 0 Å². The van der Waals surface area contributed by atoms with Gasteiger partial charge >= 0.3 is 0 Å². The molecule has 31 heavy (non-hydrogen) atoms. The van der Waals surface area contributed by atoms with Crippen molar-refractivity contribution >= 4 is 17.5 Å². The number of carbonyl (C=O) groups excluding carboxylic acids is 2. The molecule has 0 unspecified atom stereocenters. The molecule has 0 bridgehead atoms. The Morgan fingerprint density at radius 2 is 1.45 bits per heavy atom. The largest absolute Gasteiger partial charge is 0.345 e. The monoisotopic (exact) mass is 410 g/mol. The van der Waals surface area contributed by atoms with Crippen LogP contribution in [0.1, 0.15) is 20.8 Å². The fourth-order valence-electron chi connectivity index (χ4n) is 3.21. The highest BCUT2D eigenvalue weighted by Crippen LogP contribution is 2.22. The lowest BCUT2D eigenvalue weighted by molar-refractivity contribution is 0.0827. The van der Waals surface area contributed by atoms with Gasteiger partial charge in [-0.3, -0.25) is 9.59 Å². The molecule has 0 aliphatic heterocycles. The first kappa shape index (κ1) is 20.1. The van der Waals surface area contributed by atoms with E-state index in [-0.39, 0.29) is 11.8 Å². The molecule has 2 amide bonds. The van der Waals surface area contributed by atoms with Crippen LogP contribution in [-0.2, 0) is 0 Å². The van der Waals surface area contributed by atoms with Gasteiger partial charge in [-0.2, -0.15) is 5.10 Å². The molecule has 1 N–H and O–H groups in total. The highest BCUT2D eigenvalue weighted by molar-refractivity contribution is 6.04. The van der Waals surface area contributed by atoms with Crippen LogP contribution in [0.2, 0.25) is 0 Å². The minimum atomic E-state index is -0.287. The highest BCUT2D eigenvalue weighted by atomic mass is 16.2. The normalized spacial score (nSPS) is 10.5. The molecular weight excluding hydrogens is 388 g/mol. The molecule has 0 atom stereocenters. The van der Waals surface area contributed by atoms with E-state index >= 15 is 0 Å². The number of benzene rings is 3. The minimum Gasteiger partial charge on any atom is -0.345 e. The predicted molar refractivity (Wildman–Crippen MR) is 121 cm³/mol. The predicted octanol–water partition coefficient (Wildman–Crippen LogP) is 4.49. The maximum Gasteiger partial charge on any atom is 0.274 e. The van der Waals surface area contributed by atoms with Crippen molar-refractivity contribution in [3.63, 3.8) is 0 Å². The third-order valence-corrected chi connectivity index (χ3v) is 4.81. The SMILES string of the molecule is CN(C)C(=O)c1ccc(NC(=O)c2cc(-c3ccccc3)nn2-c2ccccc2)cc1. The summed E-state index contributed by atoms with van der Waals surface area (Å²) in [6.07, 6.45) is 0. The topological polar surface area (TPSA) is 67.2 Å². The summed E-state index contributed by atoms with van der Waals surface area (Å²) in [4.78, 5) is 26.7. The molecule has 6 nitrogen and oxygen atoms in total. The van der Waals surface area contributed by atoms with Crippen molar-refractivity contribution in [1.82, 2.24) is 14.7 Å². The molecule has 1 aromatic heterocycles. The lowest BCUT2D eigenvalue weighted by Crippen LogP contribution is -2.21. The Kier molecular flexibility index (Phi) is 5.62. The van der Waals surface area contributed by atoms with Gasteiger partial charge in [0.05, 0.1) is 11.4 Å². The average Bonchev–Trinajstić information content (AvgIpc) is 3.26. The minimum absolute atomic E-state index is 0.0902. The van der Waals surface area contributed by atoms with Crippen LogP contribution in [0.5, 0.6) is 0 Å². The third kappa shape index (κ3) is 4.38. The summed E-state index contributed by atoms with van der Waals surface area (Å²) in [6, 6.07) is 27.9. The van der Waals surface area contributed by atoms with Crippen LogP contribution in [0.15, 0.2) is 91.0 Å². The van der Waals surface area contributed by atoms with E-state index < -0.39 is 0 Å². The number of nitrogens with one attached hydrogen (secondary N) is 1. The Balaban J connectivity index is 1.65. The van der Waals surface area contributed by atoms with Gasteiger partial charge in [0.2, 0.25) is 0 Å². The average molecular weight is 410 g/mol. The van der Waals surface area contributed by atoms with Crippen molar-refractivity contribution < 1.29 is 9.59 Å². The summed E-state index contributed by atoms with van der Waals surface area (Å²) in [5.74, 6) is -0.377. The van der Waals surface area contributed by atoms with Crippen LogP contribution >= 0.6 is 0 Å². The first-order valence-corrected chi connectivity index (χ1v) is 9.87. The van der Waals surface area contributed by atoms with Crippen LogP contribution < -0.4 is 5.32 Å². The molecule has 0 saturated carbocycles. The summed E-state index contributed by atoms with van der Waals surface area (Å²) < 4.78 is 1.64. The van der Waals surface area contributed by atoms with E-state index in [1.165, 1.54) is 4.90 Å². The molecule has 0 aliphatic carbocycles. The Bertz CT molecular complexity index is 1200. The zero-order valence-corrected chi connectivity index (χ0v) is 17.3. The Hall–Kier alpha value is -4.19. The smallest absolute Gasteiger partial charge is 0.274 e. The van der Waals surface area contributed by atoms with Gasteiger partial charge in [0.15, 0.2) is 0 Å². The second-order valence-electron chi connectivity index (χ2n) is 7.26. The highest BCUT2D eigenvalue weighted by Gasteiger charge is 2.18. The fraction of sp³-hybridized carbons (Fsp3) is 0.0800. The second kappa shape index (κ2) is 8.67. The number of hydrogen-bond donors (Lipinski definition) is 1. The van der Waals surface area contributed by atoms with E-state index in [0.717, 1.165) is 11.3 Å². The Labute approximate surface area is 180 Å². The standard InChI is InChI=1S/C25H22N4O2/c1-28(2)25(31)19-13-15-20(16-14-19)26-24(30)23-17-22(18-9-5-3-6-10-18)27-29(23)21-11-7-4-8-12-21/h3-17H,1-2H3,(H,26,30). The second-order valence-corrected chi connectivity index (χ2v) is 7.26. The zero-order valence-electron chi connectivity index (χ0n) is 17.3. The van der Waals surface area contributed by atoms with Crippen LogP contribution in [0.3, 0.4) is 0 Å². The van der Waals surface area contributed by atoms with Crippen LogP contribution in [-0.4, -0.2) is 40.6 Å². The lowest BCUT2D eigenvalue weighted by Gasteiger charge is -2.11. The van der Waals surface area contributed by atoms with Gasteiger partial charge in [-0.15, -0.1) is 0 Å². The fourth-order valence-corrected chi connectivity index (χ4v) is 3.21. The molecule has 0 radical (unpaired) electrons. The zero-order chi connectivity index (χ0) is 21.8. The molecular formula is C25H22N4O2. The molecule has 0 fully saturated rings. The number of hydrogen-bond acceptors (Lipinski definition) is 3. The van der Waals surface area contributed by atoms with Crippen LogP contribution in [0.25, 0.3) is 16.9 Å². The van der Waals surface area contributed by atoms with Crippen molar-refractivity contribution in [3.05, 3.63) is 102 Å². The Morgan fingerprint density at radius 3 is 2.06 bits per heavy atom. The van der Waals surface area contributed by atoms with E-state index in [2.05, 4.69) is 10.4 Å². The molecule has 0 saturated heterocycles. The van der Waals surface area contributed by atoms with E-state index in [1.807, 2.05) is 60.7 Å². The van der Waals surface area contributed by atoms with Gasteiger partial charge in [-0.25, -0.2) is 4.68 Å². The van der Waals surface area contributed by atoms with Crippen LogP contribution in [0, 0.1) is 0 Å². The van der Waals surface area contributed by atoms with E-state index in [1.54, 1.807) is 49.1 Å².